The molecule has 59 heavy (non-hydrogen) atoms. The molecule has 2 heterocycles. The maximum Gasteiger partial charge on any atom is 0.0462 e. The van der Waals surface area contributed by atoms with Crippen molar-refractivity contribution < 1.29 is 0 Å². The summed E-state index contributed by atoms with van der Waals surface area (Å²) in [6.07, 6.45) is 0. The van der Waals surface area contributed by atoms with E-state index in [-0.39, 0.29) is 0 Å². The van der Waals surface area contributed by atoms with E-state index in [1.807, 2.05) is 22.7 Å². The van der Waals surface area contributed by atoms with Gasteiger partial charge in [-0.3, -0.25) is 0 Å². The molecule has 12 rings (SSSR count). The van der Waals surface area contributed by atoms with Crippen molar-refractivity contribution in [3.05, 3.63) is 212 Å². The third-order valence-electron chi connectivity index (χ3n) is 11.9. The Balaban J connectivity index is 0.962. The Kier molecular flexibility index (Phi) is 7.97. The molecular weight excluding hydrogens is 751 g/mol. The van der Waals surface area contributed by atoms with Gasteiger partial charge in [0.2, 0.25) is 0 Å². The predicted molar refractivity (Wildman–Crippen MR) is 258 cm³/mol. The van der Waals surface area contributed by atoms with E-state index in [0.29, 0.717) is 0 Å². The van der Waals surface area contributed by atoms with Crippen molar-refractivity contribution in [2.24, 2.45) is 0 Å². The topological polar surface area (TPSA) is 3.24 Å². The van der Waals surface area contributed by atoms with Crippen molar-refractivity contribution in [1.82, 2.24) is 0 Å². The van der Waals surface area contributed by atoms with Crippen LogP contribution < -0.4 is 4.90 Å². The quantitative estimate of drug-likeness (QED) is 0.152. The molecule has 3 heteroatoms. The van der Waals surface area contributed by atoms with Crippen LogP contribution in [0, 0.1) is 0 Å². The SMILES string of the molecule is c1ccc(-c2ccc(N(c3ccc(-c4cc5ccccc5c5ccccc45)cc3)c3ccc(-c4cccc5c4sc4c5ccc5sc6ccccc6c54)cc3)cc2)cc1. The molecule has 0 saturated heterocycles. The van der Waals surface area contributed by atoms with Crippen molar-refractivity contribution in [3.63, 3.8) is 0 Å². The summed E-state index contributed by atoms with van der Waals surface area (Å²) >= 11 is 3.82. The monoisotopic (exact) mass is 785 g/mol. The van der Waals surface area contributed by atoms with Crippen LogP contribution in [0.2, 0.25) is 0 Å². The van der Waals surface area contributed by atoms with Crippen LogP contribution in [-0.4, -0.2) is 0 Å². The van der Waals surface area contributed by atoms with Crippen molar-refractivity contribution in [2.75, 3.05) is 4.90 Å². The smallest absolute Gasteiger partial charge is 0.0462 e. The van der Waals surface area contributed by atoms with Crippen LogP contribution in [0.25, 0.3) is 95.3 Å². The van der Waals surface area contributed by atoms with E-state index in [9.17, 15) is 0 Å². The second-order valence-corrected chi connectivity index (χ2v) is 17.3. The lowest BCUT2D eigenvalue weighted by molar-refractivity contribution is 1.28. The normalized spacial score (nSPS) is 11.7. The van der Waals surface area contributed by atoms with Crippen molar-refractivity contribution in [2.45, 2.75) is 0 Å². The Hall–Kier alpha value is -7.04. The van der Waals surface area contributed by atoms with Crippen molar-refractivity contribution in [3.8, 4) is 33.4 Å². The third kappa shape index (κ3) is 5.66. The summed E-state index contributed by atoms with van der Waals surface area (Å²) in [5.74, 6) is 0. The number of anilines is 3. The summed E-state index contributed by atoms with van der Waals surface area (Å²) in [5, 5.41) is 10.5. The molecule has 0 fully saturated rings. The highest BCUT2D eigenvalue weighted by Gasteiger charge is 2.18. The van der Waals surface area contributed by atoms with E-state index in [1.165, 1.54) is 95.3 Å². The van der Waals surface area contributed by atoms with E-state index in [0.717, 1.165) is 17.1 Å². The summed E-state index contributed by atoms with van der Waals surface area (Å²) in [6.45, 7) is 0. The highest BCUT2D eigenvalue weighted by Crippen LogP contribution is 2.47. The van der Waals surface area contributed by atoms with Crippen LogP contribution in [0.3, 0.4) is 0 Å². The molecule has 0 aliphatic rings. The van der Waals surface area contributed by atoms with E-state index in [2.05, 4.69) is 217 Å². The highest BCUT2D eigenvalue weighted by molar-refractivity contribution is 7.30. The van der Waals surface area contributed by atoms with Gasteiger partial charge in [-0.2, -0.15) is 0 Å². The molecule has 10 aromatic carbocycles. The fourth-order valence-corrected chi connectivity index (χ4v) is 11.6. The van der Waals surface area contributed by atoms with Gasteiger partial charge in [-0.1, -0.05) is 158 Å². The van der Waals surface area contributed by atoms with E-state index in [4.69, 9.17) is 0 Å². The number of benzene rings is 10. The van der Waals surface area contributed by atoms with Crippen LogP contribution in [0.4, 0.5) is 17.1 Å². The first-order valence-electron chi connectivity index (χ1n) is 20.1. The molecule has 0 unspecified atom stereocenters. The largest absolute Gasteiger partial charge is 0.311 e. The van der Waals surface area contributed by atoms with Gasteiger partial charge in [0.05, 0.1) is 0 Å². The average molecular weight is 786 g/mol. The molecule has 0 radical (unpaired) electrons. The second-order valence-electron chi connectivity index (χ2n) is 15.2. The van der Waals surface area contributed by atoms with Gasteiger partial charge < -0.3 is 4.90 Å². The molecule has 0 aliphatic heterocycles. The van der Waals surface area contributed by atoms with Gasteiger partial charge in [-0.05, 0) is 110 Å². The Morgan fingerprint density at radius 2 is 0.831 bits per heavy atom. The number of fused-ring (bicyclic) bond motifs is 10. The van der Waals surface area contributed by atoms with Gasteiger partial charge in [-0.15, -0.1) is 22.7 Å². The first-order chi connectivity index (χ1) is 29.2. The van der Waals surface area contributed by atoms with Crippen molar-refractivity contribution >= 4 is 102 Å². The summed E-state index contributed by atoms with van der Waals surface area (Å²) in [4.78, 5) is 2.37. The number of hydrogen-bond acceptors (Lipinski definition) is 3. The lowest BCUT2D eigenvalue weighted by atomic mass is 9.93. The van der Waals surface area contributed by atoms with Gasteiger partial charge >= 0.3 is 0 Å². The number of hydrogen-bond donors (Lipinski definition) is 0. The van der Waals surface area contributed by atoms with Gasteiger partial charge in [0.1, 0.15) is 0 Å². The third-order valence-corrected chi connectivity index (χ3v) is 14.3. The van der Waals surface area contributed by atoms with Crippen LogP contribution in [0.5, 0.6) is 0 Å². The standard InChI is InChI=1S/C56H35NS2/c1-2-11-36(12-3-1)37-21-27-41(28-22-37)57(43-31-25-39(26-32-43)51-35-40-13-4-5-14-44(40)46-15-6-7-16-47(46)51)42-29-23-38(24-30-42)45-18-10-19-48-49-33-34-53-54(56(49)59-55(45)48)50-17-8-9-20-52(50)58-53/h1-35H. The molecule has 12 aromatic rings. The van der Waals surface area contributed by atoms with Crippen LogP contribution in [0.1, 0.15) is 0 Å². The summed E-state index contributed by atoms with van der Waals surface area (Å²) in [6, 6.07) is 77.9. The minimum absolute atomic E-state index is 1.11. The van der Waals surface area contributed by atoms with Crippen LogP contribution in [-0.2, 0) is 0 Å². The van der Waals surface area contributed by atoms with E-state index < -0.39 is 0 Å². The molecule has 0 N–H and O–H groups in total. The predicted octanol–water partition coefficient (Wildman–Crippen LogP) is 17.2. The van der Waals surface area contributed by atoms with Crippen molar-refractivity contribution in [1.29, 1.82) is 0 Å². The highest BCUT2D eigenvalue weighted by atomic mass is 32.1. The zero-order valence-electron chi connectivity index (χ0n) is 32.0. The molecule has 0 bridgehead atoms. The fraction of sp³-hybridized carbons (Fsp3) is 0. The summed E-state index contributed by atoms with van der Waals surface area (Å²) in [7, 11) is 0. The van der Waals surface area contributed by atoms with Gasteiger partial charge in [-0.25, -0.2) is 0 Å². The number of rotatable bonds is 6. The Labute approximate surface area is 350 Å². The molecule has 0 spiro atoms. The number of thiophene rings is 2. The summed E-state index contributed by atoms with van der Waals surface area (Å²) in [5.41, 5.74) is 10.7. The maximum absolute atomic E-state index is 2.37. The zero-order valence-corrected chi connectivity index (χ0v) is 33.6. The maximum atomic E-state index is 2.37. The van der Waals surface area contributed by atoms with Gasteiger partial charge in [0, 0.05) is 57.4 Å². The van der Waals surface area contributed by atoms with Crippen LogP contribution in [0.15, 0.2) is 212 Å². The summed E-state index contributed by atoms with van der Waals surface area (Å²) < 4.78 is 5.42. The van der Waals surface area contributed by atoms with E-state index in [1.54, 1.807) is 0 Å². The Morgan fingerprint density at radius 1 is 0.288 bits per heavy atom. The molecular formula is C56H35NS2. The first-order valence-corrected chi connectivity index (χ1v) is 21.7. The lowest BCUT2D eigenvalue weighted by Crippen LogP contribution is -2.09. The molecule has 0 aliphatic carbocycles. The molecule has 0 atom stereocenters. The Morgan fingerprint density at radius 3 is 1.56 bits per heavy atom. The molecule has 0 amide bonds. The lowest BCUT2D eigenvalue weighted by Gasteiger charge is -2.26. The molecule has 2 aromatic heterocycles. The van der Waals surface area contributed by atoms with E-state index >= 15 is 0 Å². The number of nitrogens with zero attached hydrogens (tertiary/aromatic N) is 1. The Bertz CT molecular complexity index is 3520. The van der Waals surface area contributed by atoms with Crippen LogP contribution >= 0.6 is 22.7 Å². The second kappa shape index (κ2) is 13.8. The molecule has 0 saturated carbocycles. The average Bonchev–Trinajstić information content (AvgIpc) is 3.89. The molecule has 1 nitrogen and oxygen atoms in total. The first kappa shape index (κ1) is 34.0. The molecule has 276 valence electrons. The minimum atomic E-state index is 1.11. The van der Waals surface area contributed by atoms with Gasteiger partial charge in [0.15, 0.2) is 0 Å². The fourth-order valence-electron chi connectivity index (χ4n) is 9.05. The van der Waals surface area contributed by atoms with Gasteiger partial charge in [0.25, 0.3) is 0 Å². The minimum Gasteiger partial charge on any atom is -0.311 e. The zero-order chi connectivity index (χ0) is 38.9.